The van der Waals surface area contributed by atoms with Gasteiger partial charge in [-0.1, -0.05) is 6.07 Å². The van der Waals surface area contributed by atoms with Gasteiger partial charge >= 0.3 is 0 Å². The maximum absolute atomic E-state index is 13.3. The molecule has 0 radical (unpaired) electrons. The number of aryl methyl sites for hydroxylation is 1. The molecule has 0 spiro atoms. The van der Waals surface area contributed by atoms with Gasteiger partial charge in [0.25, 0.3) is 0 Å². The molecule has 2 aliphatic heterocycles. The normalized spacial score (nSPS) is 19.5. The van der Waals surface area contributed by atoms with Crippen molar-refractivity contribution < 1.29 is 4.79 Å². The summed E-state index contributed by atoms with van der Waals surface area (Å²) in [4.78, 5) is 26.4. The third-order valence-corrected chi connectivity index (χ3v) is 5.56. The smallest absolute Gasteiger partial charge is 0.245 e. The number of carbonyl (C=O) groups is 1. The Morgan fingerprint density at radius 3 is 3.00 bits per heavy atom. The first-order chi connectivity index (χ1) is 13.2. The van der Waals surface area contributed by atoms with Crippen molar-refractivity contribution in [1.29, 1.82) is 0 Å². The molecule has 0 aliphatic carbocycles. The van der Waals surface area contributed by atoms with E-state index >= 15 is 0 Å². The lowest BCUT2D eigenvalue weighted by Crippen LogP contribution is -2.48. The second-order valence-electron chi connectivity index (χ2n) is 7.34. The van der Waals surface area contributed by atoms with Crippen molar-refractivity contribution in [2.24, 2.45) is 0 Å². The molecule has 7 heteroatoms. The van der Waals surface area contributed by atoms with Gasteiger partial charge in [-0.2, -0.15) is 5.10 Å². The Morgan fingerprint density at radius 1 is 1.22 bits per heavy atom. The highest BCUT2D eigenvalue weighted by Crippen LogP contribution is 2.27. The van der Waals surface area contributed by atoms with Crippen molar-refractivity contribution in [3.8, 4) is 0 Å². The van der Waals surface area contributed by atoms with E-state index in [9.17, 15) is 4.79 Å². The fourth-order valence-electron chi connectivity index (χ4n) is 4.28. The molecule has 1 saturated heterocycles. The minimum atomic E-state index is -0.120. The number of nitrogens with zero attached hydrogens (tertiary/aromatic N) is 6. The van der Waals surface area contributed by atoms with Crippen LogP contribution >= 0.6 is 0 Å². The standard InChI is InChI=1S/C20H22N6O/c1-14-11-19-22-12-15-13-24(10-7-16(15)26(19)23-14)20(27)17-5-4-9-25(17)18-6-2-3-8-21-18/h2-3,6,8,11-12,17H,4-5,7,9-10,13H2,1H3. The van der Waals surface area contributed by atoms with Gasteiger partial charge in [-0.25, -0.2) is 14.5 Å². The summed E-state index contributed by atoms with van der Waals surface area (Å²) in [6.45, 7) is 4.18. The number of rotatable bonds is 2. The monoisotopic (exact) mass is 362 g/mol. The van der Waals surface area contributed by atoms with Gasteiger partial charge in [0.2, 0.25) is 5.91 Å². The highest BCUT2D eigenvalue weighted by atomic mass is 16.2. The lowest BCUT2D eigenvalue weighted by Gasteiger charge is -2.33. The maximum atomic E-state index is 13.3. The minimum absolute atomic E-state index is 0.120. The third kappa shape index (κ3) is 2.74. The van der Waals surface area contributed by atoms with Crippen LogP contribution in [-0.2, 0) is 17.8 Å². The molecule has 1 fully saturated rings. The predicted octanol–water partition coefficient (Wildman–Crippen LogP) is 1.99. The van der Waals surface area contributed by atoms with Gasteiger partial charge in [-0.05, 0) is 31.9 Å². The lowest BCUT2D eigenvalue weighted by atomic mass is 10.1. The zero-order chi connectivity index (χ0) is 18.4. The summed E-state index contributed by atoms with van der Waals surface area (Å²) >= 11 is 0. The molecule has 1 amide bonds. The molecule has 0 saturated carbocycles. The number of fused-ring (bicyclic) bond motifs is 3. The Labute approximate surface area is 157 Å². The van der Waals surface area contributed by atoms with Crippen molar-refractivity contribution in [2.45, 2.75) is 38.8 Å². The van der Waals surface area contributed by atoms with Crippen LogP contribution in [0.3, 0.4) is 0 Å². The Hall–Kier alpha value is -2.96. The molecule has 138 valence electrons. The first-order valence-corrected chi connectivity index (χ1v) is 9.50. The summed E-state index contributed by atoms with van der Waals surface area (Å²) in [5, 5.41) is 4.56. The van der Waals surface area contributed by atoms with Crippen molar-refractivity contribution in [1.82, 2.24) is 24.5 Å². The number of carbonyl (C=O) groups excluding carboxylic acids is 1. The van der Waals surface area contributed by atoms with Crippen LogP contribution in [0.25, 0.3) is 5.65 Å². The fourth-order valence-corrected chi connectivity index (χ4v) is 4.28. The zero-order valence-electron chi connectivity index (χ0n) is 15.4. The Balaban J connectivity index is 1.39. The van der Waals surface area contributed by atoms with E-state index in [0.29, 0.717) is 6.54 Å². The molecule has 5 rings (SSSR count). The first kappa shape index (κ1) is 16.2. The van der Waals surface area contributed by atoms with E-state index in [0.717, 1.165) is 55.1 Å². The summed E-state index contributed by atoms with van der Waals surface area (Å²) in [5.41, 5.74) is 4.10. The van der Waals surface area contributed by atoms with E-state index in [1.165, 1.54) is 5.69 Å². The quantitative estimate of drug-likeness (QED) is 0.697. The number of hydrogen-bond acceptors (Lipinski definition) is 5. The summed E-state index contributed by atoms with van der Waals surface area (Å²) in [5.74, 6) is 1.08. The van der Waals surface area contributed by atoms with Crippen LogP contribution < -0.4 is 4.90 Å². The van der Waals surface area contributed by atoms with Gasteiger partial charge in [0.05, 0.1) is 11.4 Å². The van der Waals surface area contributed by atoms with Crippen LogP contribution in [0.5, 0.6) is 0 Å². The van der Waals surface area contributed by atoms with Crippen LogP contribution in [0.15, 0.2) is 36.7 Å². The summed E-state index contributed by atoms with van der Waals surface area (Å²) in [6, 6.07) is 7.73. The molecule has 1 unspecified atom stereocenters. The first-order valence-electron chi connectivity index (χ1n) is 9.50. The van der Waals surface area contributed by atoms with E-state index in [2.05, 4.69) is 20.0 Å². The molecule has 0 bridgehead atoms. The number of hydrogen-bond donors (Lipinski definition) is 0. The van der Waals surface area contributed by atoms with Crippen molar-refractivity contribution in [2.75, 3.05) is 18.0 Å². The molecule has 27 heavy (non-hydrogen) atoms. The Morgan fingerprint density at radius 2 is 2.15 bits per heavy atom. The SMILES string of the molecule is Cc1cc2ncc3c(n2n1)CCN(C(=O)C1CCCN1c1ccccn1)C3. The highest BCUT2D eigenvalue weighted by Gasteiger charge is 2.35. The summed E-state index contributed by atoms with van der Waals surface area (Å²) < 4.78 is 1.93. The van der Waals surface area contributed by atoms with Crippen molar-refractivity contribution in [3.63, 3.8) is 0 Å². The zero-order valence-corrected chi connectivity index (χ0v) is 15.4. The molecule has 3 aromatic rings. The van der Waals surface area contributed by atoms with Crippen LogP contribution in [0.1, 0.15) is 29.8 Å². The summed E-state index contributed by atoms with van der Waals surface area (Å²) in [6.07, 6.45) is 6.39. The third-order valence-electron chi connectivity index (χ3n) is 5.56. The Kier molecular flexibility index (Phi) is 3.81. The predicted molar refractivity (Wildman–Crippen MR) is 101 cm³/mol. The van der Waals surface area contributed by atoms with Crippen LogP contribution in [0.2, 0.25) is 0 Å². The van der Waals surface area contributed by atoms with Gasteiger partial charge in [0, 0.05) is 50.1 Å². The van der Waals surface area contributed by atoms with Crippen LogP contribution in [0.4, 0.5) is 5.82 Å². The van der Waals surface area contributed by atoms with Gasteiger partial charge in [-0.15, -0.1) is 0 Å². The number of anilines is 1. The molecule has 0 N–H and O–H groups in total. The Bertz CT molecular complexity index is 998. The van der Waals surface area contributed by atoms with E-state index < -0.39 is 0 Å². The van der Waals surface area contributed by atoms with Crippen molar-refractivity contribution >= 4 is 17.4 Å². The number of aromatic nitrogens is 4. The van der Waals surface area contributed by atoms with Gasteiger partial charge in [0.1, 0.15) is 11.9 Å². The van der Waals surface area contributed by atoms with E-state index in [1.807, 2.05) is 46.8 Å². The van der Waals surface area contributed by atoms with Crippen LogP contribution in [-0.4, -0.2) is 49.5 Å². The van der Waals surface area contributed by atoms with E-state index in [-0.39, 0.29) is 11.9 Å². The van der Waals surface area contributed by atoms with Gasteiger partial charge in [0.15, 0.2) is 5.65 Å². The highest BCUT2D eigenvalue weighted by molar-refractivity contribution is 5.85. The number of amides is 1. The van der Waals surface area contributed by atoms with Crippen molar-refractivity contribution in [3.05, 3.63) is 53.6 Å². The molecular formula is C20H22N6O. The molecular weight excluding hydrogens is 340 g/mol. The second kappa shape index (κ2) is 6.33. The molecule has 5 heterocycles. The molecule has 3 aromatic heterocycles. The lowest BCUT2D eigenvalue weighted by molar-refractivity contribution is -0.133. The summed E-state index contributed by atoms with van der Waals surface area (Å²) in [7, 11) is 0. The molecule has 1 atom stereocenters. The molecule has 2 aliphatic rings. The van der Waals surface area contributed by atoms with Crippen LogP contribution in [0, 0.1) is 6.92 Å². The second-order valence-corrected chi connectivity index (χ2v) is 7.34. The average Bonchev–Trinajstić information content (AvgIpc) is 3.33. The van der Waals surface area contributed by atoms with Gasteiger partial charge < -0.3 is 9.80 Å². The fraction of sp³-hybridized carbons (Fsp3) is 0.400. The maximum Gasteiger partial charge on any atom is 0.245 e. The molecule has 0 aromatic carbocycles. The van der Waals surface area contributed by atoms with Gasteiger partial charge in [-0.3, -0.25) is 4.79 Å². The van der Waals surface area contributed by atoms with E-state index in [1.54, 1.807) is 6.20 Å². The number of pyridine rings is 1. The average molecular weight is 362 g/mol. The largest absolute Gasteiger partial charge is 0.345 e. The van der Waals surface area contributed by atoms with E-state index in [4.69, 9.17) is 0 Å². The molecule has 7 nitrogen and oxygen atoms in total. The topological polar surface area (TPSA) is 66.6 Å². The minimum Gasteiger partial charge on any atom is -0.345 e.